The maximum absolute atomic E-state index is 11.3. The van der Waals surface area contributed by atoms with Crippen molar-refractivity contribution in [1.29, 1.82) is 0 Å². The first-order chi connectivity index (χ1) is 12.1. The molecule has 28 heavy (non-hydrogen) atoms. The number of carbonyl (C=O) groups excluding carboxylic acids is 1. The lowest BCUT2D eigenvalue weighted by Gasteiger charge is -2.36. The first kappa shape index (κ1) is 26.5. The number of hydrogen-bond donors (Lipinski definition) is 2. The van der Waals surface area contributed by atoms with Crippen molar-refractivity contribution in [2.45, 2.75) is 13.5 Å². The number of amides is 1. The third-order valence-electron chi connectivity index (χ3n) is 4.57. The Hall–Kier alpha value is -1.50. The second-order valence-electron chi connectivity index (χ2n) is 6.55. The number of aryl methyl sites for hydroxylation is 1. The topological polar surface area (TPSA) is 61.6 Å². The molecule has 1 aliphatic rings. The van der Waals surface area contributed by atoms with Gasteiger partial charge in [-0.15, -0.1) is 37.2 Å². The average Bonchev–Trinajstić information content (AvgIpc) is 2.64. The van der Waals surface area contributed by atoms with Crippen LogP contribution >= 0.6 is 37.2 Å². The van der Waals surface area contributed by atoms with Crippen molar-refractivity contribution in [2.24, 2.45) is 5.73 Å². The van der Waals surface area contributed by atoms with Gasteiger partial charge in [0.1, 0.15) is 0 Å². The second kappa shape index (κ2) is 12.9. The summed E-state index contributed by atoms with van der Waals surface area (Å²) in [7, 11) is 0. The van der Waals surface area contributed by atoms with Crippen molar-refractivity contribution in [2.75, 3.05) is 42.9 Å². The minimum atomic E-state index is -0.167. The maximum Gasteiger partial charge on any atom is 0.238 e. The van der Waals surface area contributed by atoms with E-state index in [2.05, 4.69) is 58.4 Å². The number of nitrogens with two attached hydrogens (primary N) is 1. The van der Waals surface area contributed by atoms with E-state index in [4.69, 9.17) is 5.73 Å². The lowest BCUT2D eigenvalue weighted by molar-refractivity contribution is -0.114. The number of halogens is 3. The molecule has 0 radical (unpaired) electrons. The molecule has 0 aliphatic carbocycles. The van der Waals surface area contributed by atoms with Crippen LogP contribution in [-0.2, 0) is 11.3 Å². The van der Waals surface area contributed by atoms with E-state index in [1.807, 2.05) is 12.1 Å². The zero-order valence-electron chi connectivity index (χ0n) is 16.0. The van der Waals surface area contributed by atoms with Crippen molar-refractivity contribution in [3.05, 3.63) is 59.7 Å². The van der Waals surface area contributed by atoms with Gasteiger partial charge in [0.05, 0.1) is 6.54 Å². The summed E-state index contributed by atoms with van der Waals surface area (Å²) in [5.74, 6) is -0.167. The summed E-state index contributed by atoms with van der Waals surface area (Å²) >= 11 is 0. The lowest BCUT2D eigenvalue weighted by Crippen LogP contribution is -2.45. The smallest absolute Gasteiger partial charge is 0.238 e. The molecule has 3 N–H and O–H groups in total. The molecule has 1 saturated heterocycles. The van der Waals surface area contributed by atoms with E-state index in [0.29, 0.717) is 0 Å². The van der Waals surface area contributed by atoms with Gasteiger partial charge in [-0.2, -0.15) is 0 Å². The van der Waals surface area contributed by atoms with E-state index < -0.39 is 0 Å². The Labute approximate surface area is 185 Å². The maximum atomic E-state index is 11.3. The van der Waals surface area contributed by atoms with Crippen LogP contribution in [0.5, 0.6) is 0 Å². The van der Waals surface area contributed by atoms with Crippen LogP contribution in [0.1, 0.15) is 11.1 Å². The molecular weight excluding hydrogens is 419 g/mol. The van der Waals surface area contributed by atoms with Gasteiger partial charge in [0.2, 0.25) is 5.91 Å². The number of rotatable bonds is 5. The van der Waals surface area contributed by atoms with E-state index >= 15 is 0 Å². The molecule has 0 saturated carbocycles. The van der Waals surface area contributed by atoms with Gasteiger partial charge >= 0.3 is 0 Å². The van der Waals surface area contributed by atoms with Crippen LogP contribution in [0, 0.1) is 6.92 Å². The fourth-order valence-electron chi connectivity index (χ4n) is 3.15. The molecule has 2 aromatic rings. The summed E-state index contributed by atoms with van der Waals surface area (Å²) in [6.07, 6.45) is 0. The minimum Gasteiger partial charge on any atom is -0.369 e. The predicted octanol–water partition coefficient (Wildman–Crippen LogP) is 3.48. The number of hydrogen-bond acceptors (Lipinski definition) is 4. The summed E-state index contributed by atoms with van der Waals surface area (Å²) in [5.41, 5.74) is 9.99. The fraction of sp³-hybridized carbons (Fsp3) is 0.350. The normalized spacial score (nSPS) is 13.6. The quantitative estimate of drug-likeness (QED) is 0.736. The molecule has 0 atom stereocenters. The van der Waals surface area contributed by atoms with Crippen molar-refractivity contribution < 1.29 is 4.79 Å². The molecule has 1 fully saturated rings. The summed E-state index contributed by atoms with van der Waals surface area (Å²) < 4.78 is 0. The van der Waals surface area contributed by atoms with E-state index in [9.17, 15) is 4.79 Å². The van der Waals surface area contributed by atoms with E-state index in [0.717, 1.165) is 38.4 Å². The zero-order valence-corrected chi connectivity index (χ0v) is 18.4. The van der Waals surface area contributed by atoms with Crippen LogP contribution in [0.3, 0.4) is 0 Å². The third-order valence-corrected chi connectivity index (χ3v) is 4.57. The molecule has 1 heterocycles. The third kappa shape index (κ3) is 7.49. The van der Waals surface area contributed by atoms with Crippen molar-refractivity contribution in [3.8, 4) is 0 Å². The van der Waals surface area contributed by atoms with Crippen LogP contribution in [0.4, 0.5) is 11.4 Å². The molecule has 1 aliphatic heterocycles. The molecule has 2 aromatic carbocycles. The summed E-state index contributed by atoms with van der Waals surface area (Å²) in [6, 6.07) is 16.7. The van der Waals surface area contributed by atoms with Crippen LogP contribution < -0.4 is 16.0 Å². The average molecular weight is 448 g/mol. The Morgan fingerprint density at radius 3 is 2.21 bits per heavy atom. The Kier molecular flexibility index (Phi) is 12.2. The van der Waals surface area contributed by atoms with E-state index in [1.165, 1.54) is 16.8 Å². The lowest BCUT2D eigenvalue weighted by atomic mass is 10.1. The van der Waals surface area contributed by atoms with Gasteiger partial charge in [0, 0.05) is 44.1 Å². The van der Waals surface area contributed by atoms with Gasteiger partial charge in [0.15, 0.2) is 0 Å². The number of benzene rings is 2. The van der Waals surface area contributed by atoms with Crippen molar-refractivity contribution in [1.82, 2.24) is 4.90 Å². The van der Waals surface area contributed by atoms with Gasteiger partial charge < -0.3 is 16.0 Å². The SMILES string of the molecule is Cc1cccc(N2CCN(Cc3ccc(NC(=O)CN)cc3)CC2)c1.Cl.Cl.Cl. The van der Waals surface area contributed by atoms with E-state index in [1.54, 1.807) is 0 Å². The largest absolute Gasteiger partial charge is 0.369 e. The fourth-order valence-corrected chi connectivity index (χ4v) is 3.15. The van der Waals surface area contributed by atoms with Gasteiger partial charge in [-0.25, -0.2) is 0 Å². The molecular formula is C20H29Cl3N4O. The first-order valence-corrected chi connectivity index (χ1v) is 8.77. The van der Waals surface area contributed by atoms with Crippen LogP contribution in [0.15, 0.2) is 48.5 Å². The number of carbonyl (C=O) groups is 1. The monoisotopic (exact) mass is 446 g/mol. The van der Waals surface area contributed by atoms with Gasteiger partial charge in [-0.05, 0) is 42.3 Å². The second-order valence-corrected chi connectivity index (χ2v) is 6.55. The van der Waals surface area contributed by atoms with Crippen molar-refractivity contribution in [3.63, 3.8) is 0 Å². The number of nitrogens with zero attached hydrogens (tertiary/aromatic N) is 2. The highest BCUT2D eigenvalue weighted by molar-refractivity contribution is 5.92. The Morgan fingerprint density at radius 1 is 1.00 bits per heavy atom. The number of anilines is 2. The highest BCUT2D eigenvalue weighted by Crippen LogP contribution is 2.19. The molecule has 3 rings (SSSR count). The Morgan fingerprint density at radius 2 is 1.64 bits per heavy atom. The molecule has 156 valence electrons. The van der Waals surface area contributed by atoms with Crippen LogP contribution in [0.2, 0.25) is 0 Å². The number of piperazine rings is 1. The summed E-state index contributed by atoms with van der Waals surface area (Å²) in [5, 5.41) is 2.77. The molecule has 0 unspecified atom stereocenters. The van der Waals surface area contributed by atoms with Gasteiger partial charge in [0.25, 0.3) is 0 Å². The van der Waals surface area contributed by atoms with Crippen LogP contribution in [-0.4, -0.2) is 43.5 Å². The summed E-state index contributed by atoms with van der Waals surface area (Å²) in [6.45, 7) is 7.29. The molecule has 0 aromatic heterocycles. The standard InChI is InChI=1S/C20H26N4O.3ClH/c1-16-3-2-4-19(13-16)24-11-9-23(10-12-24)15-17-5-7-18(8-6-17)22-20(25)14-21;;;/h2-8,13H,9-12,14-15,21H2,1H3,(H,22,25);3*1H. The molecule has 8 heteroatoms. The summed E-state index contributed by atoms with van der Waals surface area (Å²) in [4.78, 5) is 16.2. The minimum absolute atomic E-state index is 0. The molecule has 5 nitrogen and oxygen atoms in total. The highest BCUT2D eigenvalue weighted by Gasteiger charge is 2.17. The van der Waals surface area contributed by atoms with Gasteiger partial charge in [-0.3, -0.25) is 9.69 Å². The molecule has 0 bridgehead atoms. The van der Waals surface area contributed by atoms with E-state index in [-0.39, 0.29) is 49.7 Å². The van der Waals surface area contributed by atoms with Gasteiger partial charge in [-0.1, -0.05) is 24.3 Å². The highest BCUT2D eigenvalue weighted by atomic mass is 35.5. The van der Waals surface area contributed by atoms with Crippen molar-refractivity contribution >= 4 is 54.5 Å². The van der Waals surface area contributed by atoms with Crippen LogP contribution in [0.25, 0.3) is 0 Å². The predicted molar refractivity (Wildman–Crippen MR) is 125 cm³/mol. The molecule has 1 amide bonds. The Balaban J connectivity index is 0.00000243. The zero-order chi connectivity index (χ0) is 17.6. The first-order valence-electron chi connectivity index (χ1n) is 8.77. The Bertz CT molecular complexity index is 720. The molecule has 0 spiro atoms. The number of nitrogens with one attached hydrogen (secondary N) is 1.